The predicted octanol–water partition coefficient (Wildman–Crippen LogP) is 3.34. The number of nitrogens with one attached hydrogen (secondary N) is 1. The molecule has 10 heteroatoms. The van der Waals surface area contributed by atoms with Gasteiger partial charge in [0.1, 0.15) is 6.04 Å². The highest BCUT2D eigenvalue weighted by Crippen LogP contribution is 2.30. The van der Waals surface area contributed by atoms with E-state index in [4.69, 9.17) is 11.5 Å². The quantitative estimate of drug-likeness (QED) is 0.249. The topological polar surface area (TPSA) is 142 Å². The standard InChI is InChI=1S/C33H55N5O4S/c1-22(2)26(21-29(39)27(34)19-24-11-7-5-8-12-24)32(41)38(37-15-17-43-18-16-37)33(42)28(20-25-13-9-6-10-14-25)36-31(40)30(35)23(3)4/h6,9-10,13-14,22-24,26-30,39H,5,7-8,11-12,15-21,34-35H2,1-4H3,(H,36,40)/t26-,27-,28?,29-,30?/m0/s1. The smallest absolute Gasteiger partial charge is 0.266 e. The monoisotopic (exact) mass is 617 g/mol. The minimum absolute atomic E-state index is 0.117. The van der Waals surface area contributed by atoms with Gasteiger partial charge in [-0.1, -0.05) is 90.1 Å². The average Bonchev–Trinajstić information content (AvgIpc) is 3.00. The van der Waals surface area contributed by atoms with Crippen molar-refractivity contribution in [3.05, 3.63) is 35.9 Å². The van der Waals surface area contributed by atoms with Crippen LogP contribution < -0.4 is 16.8 Å². The molecule has 3 rings (SSSR count). The van der Waals surface area contributed by atoms with Crippen LogP contribution in [0.1, 0.15) is 78.2 Å². The largest absolute Gasteiger partial charge is 0.391 e. The van der Waals surface area contributed by atoms with Gasteiger partial charge in [0, 0.05) is 43.0 Å². The van der Waals surface area contributed by atoms with Crippen LogP contribution in [-0.4, -0.2) is 81.7 Å². The van der Waals surface area contributed by atoms with E-state index in [0.29, 0.717) is 19.0 Å². The first-order valence-corrected chi connectivity index (χ1v) is 17.4. The summed E-state index contributed by atoms with van der Waals surface area (Å²) in [5, 5.41) is 17.2. The minimum atomic E-state index is -0.982. The van der Waals surface area contributed by atoms with E-state index in [0.717, 1.165) is 36.3 Å². The Labute approximate surface area is 262 Å². The van der Waals surface area contributed by atoms with E-state index in [2.05, 4.69) is 5.32 Å². The molecule has 2 fully saturated rings. The zero-order valence-electron chi connectivity index (χ0n) is 26.6. The summed E-state index contributed by atoms with van der Waals surface area (Å²) in [5.74, 6) is -0.0299. The van der Waals surface area contributed by atoms with Crippen LogP contribution in [0.25, 0.3) is 0 Å². The molecule has 1 aromatic rings. The van der Waals surface area contributed by atoms with E-state index in [1.165, 1.54) is 24.3 Å². The Morgan fingerprint density at radius 1 is 0.977 bits per heavy atom. The lowest BCUT2D eigenvalue weighted by Gasteiger charge is -2.40. The lowest BCUT2D eigenvalue weighted by atomic mass is 9.81. The number of hydrogen-bond acceptors (Lipinski definition) is 8. The molecule has 0 bridgehead atoms. The normalized spacial score (nSPS) is 20.3. The molecule has 6 N–H and O–H groups in total. The summed E-state index contributed by atoms with van der Waals surface area (Å²) in [4.78, 5) is 42.0. The number of thioether (sulfide) groups is 1. The van der Waals surface area contributed by atoms with Crippen LogP contribution in [-0.2, 0) is 20.8 Å². The van der Waals surface area contributed by atoms with Gasteiger partial charge in [0.25, 0.3) is 5.91 Å². The molecule has 5 atom stereocenters. The van der Waals surface area contributed by atoms with Gasteiger partial charge in [-0.25, -0.2) is 10.0 Å². The third-order valence-electron chi connectivity index (χ3n) is 9.05. The Hall–Kier alpha value is -1.98. The third-order valence-corrected chi connectivity index (χ3v) is 9.99. The number of carbonyl (C=O) groups excluding carboxylic acids is 3. The average molecular weight is 618 g/mol. The molecule has 1 saturated heterocycles. The van der Waals surface area contributed by atoms with Gasteiger partial charge in [0.15, 0.2) is 0 Å². The fourth-order valence-electron chi connectivity index (χ4n) is 6.12. The molecule has 1 aliphatic heterocycles. The van der Waals surface area contributed by atoms with Gasteiger partial charge in [0.2, 0.25) is 11.8 Å². The van der Waals surface area contributed by atoms with Crippen LogP contribution in [0, 0.1) is 23.7 Å². The molecule has 0 radical (unpaired) electrons. The zero-order chi connectivity index (χ0) is 31.5. The fourth-order valence-corrected chi connectivity index (χ4v) is 7.01. The van der Waals surface area contributed by atoms with E-state index in [9.17, 15) is 19.5 Å². The first-order chi connectivity index (χ1) is 20.5. The van der Waals surface area contributed by atoms with E-state index in [-0.39, 0.29) is 30.6 Å². The Morgan fingerprint density at radius 3 is 2.19 bits per heavy atom. The molecule has 1 aliphatic carbocycles. The maximum absolute atomic E-state index is 14.4. The SMILES string of the molecule is CC(C)C(N)C(=O)NC(Cc1ccccc1)C(=O)N(C(=O)[C@@H](C[C@H](O)[C@@H](N)CC1CCCCC1)C(C)C)N1CCSCC1. The molecule has 1 saturated carbocycles. The predicted molar refractivity (Wildman–Crippen MR) is 174 cm³/mol. The number of benzene rings is 1. The summed E-state index contributed by atoms with van der Waals surface area (Å²) in [7, 11) is 0. The van der Waals surface area contributed by atoms with E-state index in [1.54, 1.807) is 11.8 Å². The second kappa shape index (κ2) is 17.5. The Balaban J connectivity index is 1.87. The van der Waals surface area contributed by atoms with Crippen LogP contribution >= 0.6 is 11.8 Å². The highest BCUT2D eigenvalue weighted by atomic mass is 32.2. The Bertz CT molecular complexity index is 1010. The van der Waals surface area contributed by atoms with Gasteiger partial charge in [-0.15, -0.1) is 0 Å². The van der Waals surface area contributed by atoms with Crippen molar-refractivity contribution < 1.29 is 19.5 Å². The first kappa shape index (κ1) is 35.5. The highest BCUT2D eigenvalue weighted by Gasteiger charge is 2.40. The molecule has 43 heavy (non-hydrogen) atoms. The molecule has 242 valence electrons. The van der Waals surface area contributed by atoms with Crippen LogP contribution in [0.15, 0.2) is 30.3 Å². The van der Waals surface area contributed by atoms with Gasteiger partial charge in [0.05, 0.1) is 12.1 Å². The number of aliphatic hydroxyl groups excluding tert-OH is 1. The van der Waals surface area contributed by atoms with Crippen molar-refractivity contribution in [3.63, 3.8) is 0 Å². The van der Waals surface area contributed by atoms with Crippen molar-refractivity contribution in [3.8, 4) is 0 Å². The van der Waals surface area contributed by atoms with Crippen LogP contribution in [0.2, 0.25) is 0 Å². The van der Waals surface area contributed by atoms with Crippen LogP contribution in [0.3, 0.4) is 0 Å². The maximum Gasteiger partial charge on any atom is 0.266 e. The summed E-state index contributed by atoms with van der Waals surface area (Å²) in [5.41, 5.74) is 13.5. The second-order valence-corrected chi connectivity index (χ2v) is 14.4. The van der Waals surface area contributed by atoms with Gasteiger partial charge in [-0.05, 0) is 36.2 Å². The minimum Gasteiger partial charge on any atom is -0.391 e. The second-order valence-electron chi connectivity index (χ2n) is 13.1. The van der Waals surface area contributed by atoms with Crippen molar-refractivity contribution in [2.45, 2.75) is 103 Å². The number of rotatable bonds is 14. The summed E-state index contributed by atoms with van der Waals surface area (Å²) < 4.78 is 0. The number of amides is 3. The number of carbonyl (C=O) groups is 3. The van der Waals surface area contributed by atoms with Crippen LogP contribution in [0.4, 0.5) is 0 Å². The van der Waals surface area contributed by atoms with Gasteiger partial charge in [-0.2, -0.15) is 11.8 Å². The summed E-state index contributed by atoms with van der Waals surface area (Å²) >= 11 is 1.78. The third kappa shape index (κ3) is 10.6. The summed E-state index contributed by atoms with van der Waals surface area (Å²) in [6, 6.07) is 7.28. The number of hydrazine groups is 1. The van der Waals surface area contributed by atoms with E-state index >= 15 is 0 Å². The molecule has 2 unspecified atom stereocenters. The van der Waals surface area contributed by atoms with Crippen molar-refractivity contribution in [2.75, 3.05) is 24.6 Å². The molecule has 2 aliphatic rings. The molecule has 1 heterocycles. The van der Waals surface area contributed by atoms with Crippen molar-refractivity contribution in [1.82, 2.24) is 15.3 Å². The number of imide groups is 1. The molecule has 9 nitrogen and oxygen atoms in total. The van der Waals surface area contributed by atoms with Gasteiger partial charge < -0.3 is 21.9 Å². The molecule has 3 amide bonds. The lowest BCUT2D eigenvalue weighted by molar-refractivity contribution is -0.170. The Morgan fingerprint density at radius 2 is 1.60 bits per heavy atom. The van der Waals surface area contributed by atoms with E-state index in [1.807, 2.05) is 63.0 Å². The van der Waals surface area contributed by atoms with Crippen LogP contribution in [0.5, 0.6) is 0 Å². The Kier molecular flexibility index (Phi) is 14.4. The van der Waals surface area contributed by atoms with Gasteiger partial charge in [-0.3, -0.25) is 14.4 Å². The molecular formula is C33H55N5O4S. The zero-order valence-corrected chi connectivity index (χ0v) is 27.4. The molecule has 0 aromatic heterocycles. The number of nitrogens with two attached hydrogens (primary N) is 2. The lowest BCUT2D eigenvalue weighted by Crippen LogP contribution is -2.62. The van der Waals surface area contributed by atoms with Crippen molar-refractivity contribution >= 4 is 29.5 Å². The number of aliphatic hydroxyl groups is 1. The number of hydrogen-bond donors (Lipinski definition) is 4. The fraction of sp³-hybridized carbons (Fsp3) is 0.727. The van der Waals surface area contributed by atoms with Crippen molar-refractivity contribution in [1.29, 1.82) is 0 Å². The highest BCUT2D eigenvalue weighted by molar-refractivity contribution is 7.99. The summed E-state index contributed by atoms with van der Waals surface area (Å²) in [6.07, 6.45) is 6.24. The maximum atomic E-state index is 14.4. The first-order valence-electron chi connectivity index (χ1n) is 16.2. The van der Waals surface area contributed by atoms with Crippen molar-refractivity contribution in [2.24, 2.45) is 35.1 Å². The molecule has 0 spiro atoms. The molecular weight excluding hydrogens is 562 g/mol. The summed E-state index contributed by atoms with van der Waals surface area (Å²) in [6.45, 7) is 8.68. The van der Waals surface area contributed by atoms with E-state index < -0.39 is 42.0 Å². The van der Waals surface area contributed by atoms with Gasteiger partial charge >= 0.3 is 0 Å². The molecule has 1 aromatic carbocycles. The number of nitrogens with zero attached hydrogens (tertiary/aromatic N) is 2.